The normalized spacial score (nSPS) is 10.5. The van der Waals surface area contributed by atoms with Crippen molar-refractivity contribution in [3.05, 3.63) is 0 Å². The molecule has 0 aromatic heterocycles. The van der Waals surface area contributed by atoms with Gasteiger partial charge in [-0.15, -0.1) is 0 Å². The molecule has 0 saturated heterocycles. The Balaban J connectivity index is 0. The van der Waals surface area contributed by atoms with Gasteiger partial charge in [-0.05, 0) is 6.92 Å². The van der Waals surface area contributed by atoms with Gasteiger partial charge in [0.2, 0.25) is 5.78 Å². The Hall–Kier alpha value is -0.420. The third-order valence-corrected chi connectivity index (χ3v) is 1.72. The largest absolute Gasteiger partial charge is 0.463 e. The zero-order chi connectivity index (χ0) is 13.4. The molecule has 0 unspecified atom stereocenters. The van der Waals surface area contributed by atoms with E-state index in [2.05, 4.69) is 18.6 Å². The molecule has 0 aliphatic rings. The lowest BCUT2D eigenvalue weighted by Gasteiger charge is -2.14. The molecule has 0 atom stereocenters. The number of carbonyl (C=O) groups excluding carboxylic acids is 2. The summed E-state index contributed by atoms with van der Waals surface area (Å²) < 4.78 is 25.0. The highest BCUT2D eigenvalue weighted by atomic mass is 35.5. The highest BCUT2D eigenvalue weighted by molar-refractivity contribution is 6.67. The predicted molar refractivity (Wildman–Crippen MR) is 58.0 cm³/mol. The first-order chi connectivity index (χ1) is 7.25. The van der Waals surface area contributed by atoms with E-state index < -0.39 is 22.5 Å². The first-order valence-electron chi connectivity index (χ1n) is 4.63. The second-order valence-electron chi connectivity index (χ2n) is 2.67. The monoisotopic (exact) mass is 278 g/mol. The second kappa shape index (κ2) is 8.70. The molecule has 96 valence electrons. The average molecular weight is 279 g/mol. The molecule has 0 bridgehead atoms. The fraction of sp³-hybridized carbons (Fsp3) is 0.778. The van der Waals surface area contributed by atoms with Gasteiger partial charge in [-0.1, -0.05) is 43.5 Å². The topological polar surface area (TPSA) is 43.4 Å². The molecule has 0 aromatic rings. The molecule has 0 aliphatic carbocycles. The van der Waals surface area contributed by atoms with Crippen molar-refractivity contribution in [3.63, 3.8) is 0 Å². The van der Waals surface area contributed by atoms with E-state index in [-0.39, 0.29) is 6.61 Å². The molecule has 0 radical (unpaired) electrons. The Bertz CT molecular complexity index is 233. The summed E-state index contributed by atoms with van der Waals surface area (Å²) in [7, 11) is 0. The van der Waals surface area contributed by atoms with Gasteiger partial charge >= 0.3 is 5.97 Å². The molecule has 0 saturated carbocycles. The van der Waals surface area contributed by atoms with Crippen molar-refractivity contribution in [2.24, 2.45) is 0 Å². The van der Waals surface area contributed by atoms with Crippen LogP contribution in [0.5, 0.6) is 0 Å². The van der Waals surface area contributed by atoms with Crippen LogP contribution >= 0.6 is 23.2 Å². The predicted octanol–water partition coefficient (Wildman–Crippen LogP) is 2.97. The maximum Gasteiger partial charge on any atom is 0.350 e. The van der Waals surface area contributed by atoms with Gasteiger partial charge in [-0.2, -0.15) is 0 Å². The van der Waals surface area contributed by atoms with Crippen LogP contribution in [-0.2, 0) is 14.3 Å². The molecular weight excluding hydrogens is 265 g/mol. The quantitative estimate of drug-likeness (QED) is 0.451. The number of carbonyl (C=O) groups is 2. The van der Waals surface area contributed by atoms with Gasteiger partial charge in [0, 0.05) is 0 Å². The summed E-state index contributed by atoms with van der Waals surface area (Å²) in [6.07, 6.45) is -2.15. The number of ether oxygens (including phenoxy) is 1. The smallest absolute Gasteiger partial charge is 0.350 e. The highest BCUT2D eigenvalue weighted by Gasteiger charge is 2.47. The van der Waals surface area contributed by atoms with Crippen LogP contribution in [0.25, 0.3) is 0 Å². The molecule has 3 nitrogen and oxygen atoms in total. The number of esters is 1. The molecule has 0 heterocycles. The SMILES string of the molecule is CCC.CCOC(=O)C(Cl)(Cl)C(=O)C(F)F. The first-order valence-corrected chi connectivity index (χ1v) is 5.38. The van der Waals surface area contributed by atoms with Crippen LogP contribution in [0.4, 0.5) is 8.78 Å². The van der Waals surface area contributed by atoms with Gasteiger partial charge in [0.15, 0.2) is 0 Å². The van der Waals surface area contributed by atoms with Gasteiger partial charge in [-0.25, -0.2) is 13.6 Å². The van der Waals surface area contributed by atoms with Gasteiger partial charge in [-0.3, -0.25) is 4.79 Å². The van der Waals surface area contributed by atoms with E-state index in [1.54, 1.807) is 0 Å². The number of alkyl halides is 4. The Morgan fingerprint density at radius 2 is 1.62 bits per heavy atom. The van der Waals surface area contributed by atoms with Gasteiger partial charge in [0.25, 0.3) is 10.8 Å². The van der Waals surface area contributed by atoms with Crippen LogP contribution < -0.4 is 0 Å². The van der Waals surface area contributed by atoms with Gasteiger partial charge in [0.1, 0.15) is 0 Å². The molecule has 16 heavy (non-hydrogen) atoms. The standard InChI is InChI=1S/C6H6Cl2F2O3.C3H8/c1-2-13-5(12)6(7,8)3(11)4(9)10;1-3-2/h4H,2H2,1H3;3H2,1-2H3. The maximum atomic E-state index is 11.8. The Kier molecular flexibility index (Phi) is 9.77. The third-order valence-electron chi connectivity index (χ3n) is 1.04. The minimum Gasteiger partial charge on any atom is -0.463 e. The van der Waals surface area contributed by atoms with Crippen molar-refractivity contribution in [2.75, 3.05) is 6.61 Å². The molecule has 7 heteroatoms. The van der Waals surface area contributed by atoms with Crippen molar-refractivity contribution in [1.29, 1.82) is 0 Å². The van der Waals surface area contributed by atoms with Gasteiger partial charge in [0.05, 0.1) is 6.61 Å². The lowest BCUT2D eigenvalue weighted by Crippen LogP contribution is -2.40. The summed E-state index contributed by atoms with van der Waals surface area (Å²) >= 11 is 10.1. The Labute approximate surface area is 103 Å². The summed E-state index contributed by atoms with van der Waals surface area (Å²) in [6, 6.07) is 0. The fourth-order valence-corrected chi connectivity index (χ4v) is 0.733. The lowest BCUT2D eigenvalue weighted by molar-refractivity contribution is -0.149. The van der Waals surface area contributed by atoms with Gasteiger partial charge < -0.3 is 4.74 Å². The number of halogens is 4. The van der Waals surface area contributed by atoms with Crippen LogP contribution in [-0.4, -0.2) is 29.1 Å². The van der Waals surface area contributed by atoms with Crippen LogP contribution in [0.15, 0.2) is 0 Å². The van der Waals surface area contributed by atoms with Crippen LogP contribution in [0.3, 0.4) is 0 Å². The van der Waals surface area contributed by atoms with E-state index in [1.165, 1.54) is 13.3 Å². The molecule has 0 amide bonds. The average Bonchev–Trinajstić information content (AvgIpc) is 2.18. The van der Waals surface area contributed by atoms with Crippen molar-refractivity contribution < 1.29 is 23.1 Å². The van der Waals surface area contributed by atoms with E-state index in [4.69, 9.17) is 23.2 Å². The minimum atomic E-state index is -3.40. The number of ketones is 1. The number of hydrogen-bond donors (Lipinski definition) is 0. The van der Waals surface area contributed by atoms with Crippen molar-refractivity contribution in [3.8, 4) is 0 Å². The van der Waals surface area contributed by atoms with E-state index >= 15 is 0 Å². The van der Waals surface area contributed by atoms with Crippen LogP contribution in [0.2, 0.25) is 0 Å². The summed E-state index contributed by atoms with van der Waals surface area (Å²) in [5.41, 5.74) is 0. The molecule has 0 N–H and O–H groups in total. The zero-order valence-electron chi connectivity index (χ0n) is 9.23. The molecule has 0 aromatic carbocycles. The highest BCUT2D eigenvalue weighted by Crippen LogP contribution is 2.26. The summed E-state index contributed by atoms with van der Waals surface area (Å²) in [4.78, 5) is 21.3. The third kappa shape index (κ3) is 6.23. The zero-order valence-corrected chi connectivity index (χ0v) is 10.7. The molecular formula is C9H14Cl2F2O3. The summed E-state index contributed by atoms with van der Waals surface area (Å²) in [6.45, 7) is 5.57. The Morgan fingerprint density at radius 1 is 1.25 bits per heavy atom. The second-order valence-corrected chi connectivity index (χ2v) is 3.99. The van der Waals surface area contributed by atoms with Crippen LogP contribution in [0, 0.1) is 0 Å². The van der Waals surface area contributed by atoms with Crippen LogP contribution in [0.1, 0.15) is 27.2 Å². The lowest BCUT2D eigenvalue weighted by atomic mass is 10.3. The molecule has 0 rings (SSSR count). The van der Waals surface area contributed by atoms with Crippen molar-refractivity contribution >= 4 is 35.0 Å². The Morgan fingerprint density at radius 3 is 1.88 bits per heavy atom. The summed E-state index contributed by atoms with van der Waals surface area (Å²) in [5.74, 6) is -3.27. The van der Waals surface area contributed by atoms with E-state index in [1.807, 2.05) is 0 Å². The number of hydrogen-bond acceptors (Lipinski definition) is 3. The molecule has 0 spiro atoms. The van der Waals surface area contributed by atoms with E-state index in [9.17, 15) is 18.4 Å². The van der Waals surface area contributed by atoms with Crippen molar-refractivity contribution in [1.82, 2.24) is 0 Å². The number of Topliss-reactive ketones (excluding diaryl/α,β-unsaturated/α-hetero) is 1. The molecule has 0 fully saturated rings. The van der Waals surface area contributed by atoms with E-state index in [0.717, 1.165) is 0 Å². The molecule has 0 aliphatic heterocycles. The van der Waals surface area contributed by atoms with Crippen molar-refractivity contribution in [2.45, 2.75) is 38.0 Å². The summed E-state index contributed by atoms with van der Waals surface area (Å²) in [5, 5.41) is 0. The van der Waals surface area contributed by atoms with E-state index in [0.29, 0.717) is 0 Å². The minimum absolute atomic E-state index is 0.101. The maximum absolute atomic E-state index is 11.8. The number of rotatable bonds is 4. The fourth-order valence-electron chi connectivity index (χ4n) is 0.459. The first kappa shape index (κ1) is 18.0.